The van der Waals surface area contributed by atoms with Gasteiger partial charge in [-0.2, -0.15) is 15.5 Å². The van der Waals surface area contributed by atoms with Crippen LogP contribution in [0.4, 0.5) is 17.1 Å². The predicted octanol–water partition coefficient (Wildman–Crippen LogP) is 4.96. The van der Waals surface area contributed by atoms with Gasteiger partial charge in [0.2, 0.25) is 0 Å². The van der Waals surface area contributed by atoms with E-state index < -0.39 is 0 Å². The lowest BCUT2D eigenvalue weighted by Gasteiger charge is -2.28. The minimum atomic E-state index is 0.594. The molecule has 0 saturated carbocycles. The van der Waals surface area contributed by atoms with E-state index in [1.807, 2.05) is 24.3 Å². The molecule has 0 amide bonds. The van der Waals surface area contributed by atoms with Crippen LogP contribution < -0.4 is 4.90 Å². The third kappa shape index (κ3) is 3.50. The number of hydrogen-bond acceptors (Lipinski definition) is 4. The van der Waals surface area contributed by atoms with E-state index in [9.17, 15) is 0 Å². The fraction of sp³-hybridized carbons (Fsp3) is 0.278. The van der Waals surface area contributed by atoms with Gasteiger partial charge in [0.25, 0.3) is 0 Å². The Labute approximate surface area is 130 Å². The smallest absolute Gasteiger partial charge is 0.0992 e. The van der Waals surface area contributed by atoms with Gasteiger partial charge < -0.3 is 4.90 Å². The van der Waals surface area contributed by atoms with Crippen molar-refractivity contribution in [3.63, 3.8) is 0 Å². The second-order valence-corrected chi connectivity index (χ2v) is 5.43. The second-order valence-electron chi connectivity index (χ2n) is 5.43. The molecule has 110 valence electrons. The maximum absolute atomic E-state index is 8.87. The topological polar surface area (TPSA) is 51.8 Å². The van der Waals surface area contributed by atoms with E-state index in [1.165, 1.54) is 24.9 Å². The fourth-order valence-electron chi connectivity index (χ4n) is 2.64. The van der Waals surface area contributed by atoms with Crippen molar-refractivity contribution in [1.29, 1.82) is 5.26 Å². The van der Waals surface area contributed by atoms with Crippen LogP contribution in [-0.2, 0) is 0 Å². The van der Waals surface area contributed by atoms with Gasteiger partial charge in [0.15, 0.2) is 0 Å². The molecule has 4 heteroatoms. The lowest BCUT2D eigenvalue weighted by Crippen LogP contribution is -2.29. The SMILES string of the molecule is N#Cc1cccc(/N=N/c2ccc(N3CCCCC3)cc2)c1. The zero-order valence-electron chi connectivity index (χ0n) is 12.4. The lowest BCUT2D eigenvalue weighted by molar-refractivity contribution is 0.578. The average Bonchev–Trinajstić information content (AvgIpc) is 2.61. The Hall–Kier alpha value is -2.67. The number of piperidine rings is 1. The van der Waals surface area contributed by atoms with Crippen LogP contribution in [0.2, 0.25) is 0 Å². The minimum Gasteiger partial charge on any atom is -0.372 e. The van der Waals surface area contributed by atoms with Crippen LogP contribution >= 0.6 is 0 Å². The standard InChI is InChI=1S/C18H18N4/c19-14-15-5-4-6-17(13-15)21-20-16-7-9-18(10-8-16)22-11-2-1-3-12-22/h4-10,13H,1-3,11-12H2/b21-20+. The Morgan fingerprint density at radius 1 is 0.864 bits per heavy atom. The number of rotatable bonds is 3. The van der Waals surface area contributed by atoms with Crippen molar-refractivity contribution < 1.29 is 0 Å². The second kappa shape index (κ2) is 6.86. The zero-order chi connectivity index (χ0) is 15.2. The Morgan fingerprint density at radius 3 is 2.32 bits per heavy atom. The molecule has 22 heavy (non-hydrogen) atoms. The van der Waals surface area contributed by atoms with Gasteiger partial charge in [-0.25, -0.2) is 0 Å². The summed E-state index contributed by atoms with van der Waals surface area (Å²) >= 11 is 0. The van der Waals surface area contributed by atoms with Crippen molar-refractivity contribution in [3.8, 4) is 6.07 Å². The summed E-state index contributed by atoms with van der Waals surface area (Å²) < 4.78 is 0. The quantitative estimate of drug-likeness (QED) is 0.750. The van der Waals surface area contributed by atoms with Crippen LogP contribution in [0.3, 0.4) is 0 Å². The van der Waals surface area contributed by atoms with Crippen LogP contribution in [0.5, 0.6) is 0 Å². The monoisotopic (exact) mass is 290 g/mol. The number of benzene rings is 2. The number of nitriles is 1. The maximum atomic E-state index is 8.87. The van der Waals surface area contributed by atoms with E-state index in [0.29, 0.717) is 11.3 Å². The summed E-state index contributed by atoms with van der Waals surface area (Å²) in [5, 5.41) is 17.3. The third-order valence-electron chi connectivity index (χ3n) is 3.83. The van der Waals surface area contributed by atoms with Crippen molar-refractivity contribution in [2.45, 2.75) is 19.3 Å². The summed E-state index contributed by atoms with van der Waals surface area (Å²) in [4.78, 5) is 2.42. The molecule has 1 fully saturated rings. The molecule has 2 aromatic carbocycles. The summed E-state index contributed by atoms with van der Waals surface area (Å²) in [6, 6.07) is 17.4. The highest BCUT2D eigenvalue weighted by Crippen LogP contribution is 2.24. The Bertz CT molecular complexity index is 692. The van der Waals surface area contributed by atoms with Gasteiger partial charge >= 0.3 is 0 Å². The minimum absolute atomic E-state index is 0.594. The van der Waals surface area contributed by atoms with Crippen LogP contribution in [-0.4, -0.2) is 13.1 Å². The van der Waals surface area contributed by atoms with Gasteiger partial charge in [0, 0.05) is 18.8 Å². The van der Waals surface area contributed by atoms with Gasteiger partial charge in [0.05, 0.1) is 23.0 Å². The highest BCUT2D eigenvalue weighted by atomic mass is 15.1. The largest absolute Gasteiger partial charge is 0.372 e. The number of azo groups is 1. The normalized spacial score (nSPS) is 15.0. The number of nitrogens with zero attached hydrogens (tertiary/aromatic N) is 4. The molecule has 0 N–H and O–H groups in total. The third-order valence-corrected chi connectivity index (χ3v) is 3.83. The van der Waals surface area contributed by atoms with Crippen LogP contribution in [0.25, 0.3) is 0 Å². The van der Waals surface area contributed by atoms with Crippen molar-refractivity contribution in [3.05, 3.63) is 54.1 Å². The molecule has 1 heterocycles. The first-order valence-electron chi connectivity index (χ1n) is 7.62. The maximum Gasteiger partial charge on any atom is 0.0992 e. The fourth-order valence-corrected chi connectivity index (χ4v) is 2.64. The van der Waals surface area contributed by atoms with Crippen LogP contribution in [0.1, 0.15) is 24.8 Å². The first-order chi connectivity index (χ1) is 10.8. The van der Waals surface area contributed by atoms with Crippen molar-refractivity contribution in [2.24, 2.45) is 10.2 Å². The highest BCUT2D eigenvalue weighted by Gasteiger charge is 2.10. The Kier molecular flexibility index (Phi) is 4.45. The summed E-state index contributed by atoms with van der Waals surface area (Å²) in [6.07, 6.45) is 3.89. The Morgan fingerprint density at radius 2 is 1.59 bits per heavy atom. The average molecular weight is 290 g/mol. The summed E-state index contributed by atoms with van der Waals surface area (Å²) in [7, 11) is 0. The van der Waals surface area contributed by atoms with Gasteiger partial charge in [-0.05, 0) is 61.7 Å². The van der Waals surface area contributed by atoms with Crippen molar-refractivity contribution in [1.82, 2.24) is 0 Å². The van der Waals surface area contributed by atoms with Gasteiger partial charge in [-0.3, -0.25) is 0 Å². The molecule has 3 rings (SSSR count). The molecule has 0 spiro atoms. The molecule has 0 aliphatic carbocycles. The van der Waals surface area contributed by atoms with Crippen molar-refractivity contribution >= 4 is 17.1 Å². The number of hydrogen-bond donors (Lipinski definition) is 0. The highest BCUT2D eigenvalue weighted by molar-refractivity contribution is 5.53. The summed E-state index contributed by atoms with van der Waals surface area (Å²) in [5.41, 5.74) is 3.37. The molecule has 0 bridgehead atoms. The molecule has 0 aromatic heterocycles. The van der Waals surface area contributed by atoms with Crippen LogP contribution in [0, 0.1) is 11.3 Å². The molecule has 1 saturated heterocycles. The van der Waals surface area contributed by atoms with E-state index >= 15 is 0 Å². The summed E-state index contributed by atoms with van der Waals surface area (Å²) in [5.74, 6) is 0. The summed E-state index contributed by atoms with van der Waals surface area (Å²) in [6.45, 7) is 2.28. The number of anilines is 1. The molecule has 0 atom stereocenters. The van der Waals surface area contributed by atoms with Gasteiger partial charge in [0.1, 0.15) is 0 Å². The van der Waals surface area contributed by atoms with E-state index in [2.05, 4.69) is 33.3 Å². The molecular weight excluding hydrogens is 272 g/mol. The predicted molar refractivity (Wildman–Crippen MR) is 87.8 cm³/mol. The molecule has 0 unspecified atom stereocenters. The molecule has 1 aliphatic heterocycles. The van der Waals surface area contributed by atoms with Gasteiger partial charge in [-0.15, -0.1) is 0 Å². The zero-order valence-corrected chi connectivity index (χ0v) is 12.4. The molecule has 4 nitrogen and oxygen atoms in total. The Balaban J connectivity index is 1.70. The van der Waals surface area contributed by atoms with E-state index in [0.717, 1.165) is 18.8 Å². The van der Waals surface area contributed by atoms with Crippen LogP contribution in [0.15, 0.2) is 58.8 Å². The molecule has 2 aromatic rings. The van der Waals surface area contributed by atoms with Gasteiger partial charge in [-0.1, -0.05) is 6.07 Å². The van der Waals surface area contributed by atoms with E-state index in [4.69, 9.17) is 5.26 Å². The van der Waals surface area contributed by atoms with E-state index in [-0.39, 0.29) is 0 Å². The molecular formula is C18H18N4. The lowest BCUT2D eigenvalue weighted by atomic mass is 10.1. The van der Waals surface area contributed by atoms with Crippen molar-refractivity contribution in [2.75, 3.05) is 18.0 Å². The first-order valence-corrected chi connectivity index (χ1v) is 7.62. The molecule has 1 aliphatic rings. The van der Waals surface area contributed by atoms with E-state index in [1.54, 1.807) is 12.1 Å². The molecule has 0 radical (unpaired) electrons. The first kappa shape index (κ1) is 14.3.